The van der Waals surface area contributed by atoms with Crippen LogP contribution in [-0.2, 0) is 9.53 Å². The van der Waals surface area contributed by atoms with Gasteiger partial charge in [0.2, 0.25) is 0 Å². The molecule has 0 amide bonds. The van der Waals surface area contributed by atoms with Crippen LogP contribution in [0.15, 0.2) is 0 Å². The molecule has 0 saturated carbocycles. The lowest BCUT2D eigenvalue weighted by molar-refractivity contribution is -0.136. The average Bonchev–Trinajstić information content (AvgIpc) is 2.27. The van der Waals surface area contributed by atoms with Crippen molar-refractivity contribution in [2.24, 2.45) is 0 Å². The minimum atomic E-state index is -0.714. The Hall–Kier alpha value is -0.260. The maximum absolute atomic E-state index is 9.74. The standard InChI is InChI=1S/C7H15NO.C4H8O2S/c1-3-7-6-8(2)4-5-9-7;1-7-3-2-4(5)6/h7H,3-6H2,1-2H3;2-3H2,1H3,(H,5,6). The monoisotopic (exact) mass is 249 g/mol. The Morgan fingerprint density at radius 3 is 2.62 bits per heavy atom. The van der Waals surface area contributed by atoms with Crippen LogP contribution in [0.3, 0.4) is 0 Å². The molecule has 16 heavy (non-hydrogen) atoms. The Balaban J connectivity index is 0.000000293. The topological polar surface area (TPSA) is 49.8 Å². The van der Waals surface area contributed by atoms with Gasteiger partial charge in [-0.05, 0) is 19.7 Å². The fourth-order valence-corrected chi connectivity index (χ4v) is 1.68. The second-order valence-corrected chi connectivity index (χ2v) is 4.79. The predicted octanol–water partition coefficient (Wildman–Crippen LogP) is 1.55. The van der Waals surface area contributed by atoms with E-state index in [1.807, 2.05) is 6.26 Å². The Morgan fingerprint density at radius 2 is 2.31 bits per heavy atom. The average molecular weight is 249 g/mol. The Morgan fingerprint density at radius 1 is 1.62 bits per heavy atom. The van der Waals surface area contributed by atoms with E-state index in [0.717, 1.165) is 31.9 Å². The highest BCUT2D eigenvalue weighted by Crippen LogP contribution is 2.04. The number of carboxylic acid groups (broad SMARTS) is 1. The molecule has 0 aromatic heterocycles. The van der Waals surface area contributed by atoms with Crippen molar-refractivity contribution < 1.29 is 14.6 Å². The van der Waals surface area contributed by atoms with Gasteiger partial charge in [0, 0.05) is 18.8 Å². The molecule has 0 spiro atoms. The van der Waals surface area contributed by atoms with Crippen LogP contribution in [-0.4, -0.2) is 60.8 Å². The Bertz CT molecular complexity index is 190. The zero-order valence-electron chi connectivity index (χ0n) is 10.4. The largest absolute Gasteiger partial charge is 0.481 e. The minimum absolute atomic E-state index is 0.279. The number of hydrogen-bond donors (Lipinski definition) is 1. The van der Waals surface area contributed by atoms with Gasteiger partial charge in [-0.1, -0.05) is 6.92 Å². The molecular weight excluding hydrogens is 226 g/mol. The second kappa shape index (κ2) is 9.93. The third-order valence-corrected chi connectivity index (χ3v) is 2.93. The number of hydrogen-bond acceptors (Lipinski definition) is 4. The summed E-state index contributed by atoms with van der Waals surface area (Å²) in [5, 5.41) is 8.03. The summed E-state index contributed by atoms with van der Waals surface area (Å²) in [7, 11) is 2.14. The number of thioether (sulfide) groups is 1. The van der Waals surface area contributed by atoms with E-state index >= 15 is 0 Å². The van der Waals surface area contributed by atoms with Gasteiger partial charge >= 0.3 is 5.97 Å². The van der Waals surface area contributed by atoms with E-state index in [2.05, 4.69) is 18.9 Å². The van der Waals surface area contributed by atoms with Gasteiger partial charge in [-0.2, -0.15) is 11.8 Å². The number of aliphatic carboxylic acids is 1. The molecule has 1 aliphatic heterocycles. The van der Waals surface area contributed by atoms with Crippen LogP contribution in [0.1, 0.15) is 19.8 Å². The highest BCUT2D eigenvalue weighted by molar-refractivity contribution is 7.98. The van der Waals surface area contributed by atoms with Gasteiger partial charge in [0.1, 0.15) is 0 Å². The number of rotatable bonds is 4. The summed E-state index contributed by atoms with van der Waals surface area (Å²) in [5.74, 6) is 0.00403. The maximum Gasteiger partial charge on any atom is 0.304 e. The smallest absolute Gasteiger partial charge is 0.304 e. The summed E-state index contributed by atoms with van der Waals surface area (Å²) < 4.78 is 5.46. The van der Waals surface area contributed by atoms with Crippen LogP contribution in [0, 0.1) is 0 Å². The number of likely N-dealkylation sites (N-methyl/N-ethyl adjacent to an activating group) is 1. The second-order valence-electron chi connectivity index (χ2n) is 3.80. The van der Waals surface area contributed by atoms with Crippen molar-refractivity contribution in [3.8, 4) is 0 Å². The highest BCUT2D eigenvalue weighted by Gasteiger charge is 2.14. The fourth-order valence-electron chi connectivity index (χ4n) is 1.30. The van der Waals surface area contributed by atoms with Gasteiger partial charge < -0.3 is 14.7 Å². The molecule has 1 heterocycles. The SMILES string of the molecule is CCC1CN(C)CCO1.CSCCC(=O)O. The van der Waals surface area contributed by atoms with Crippen molar-refractivity contribution in [1.82, 2.24) is 4.90 Å². The first kappa shape index (κ1) is 15.7. The van der Waals surface area contributed by atoms with Crippen LogP contribution < -0.4 is 0 Å². The lowest BCUT2D eigenvalue weighted by Gasteiger charge is -2.29. The van der Waals surface area contributed by atoms with Gasteiger partial charge in [0.05, 0.1) is 19.1 Å². The van der Waals surface area contributed by atoms with E-state index in [1.165, 1.54) is 0 Å². The quantitative estimate of drug-likeness (QED) is 0.819. The molecule has 0 aliphatic carbocycles. The Kier molecular flexibility index (Phi) is 9.77. The third kappa shape index (κ3) is 9.00. The lowest BCUT2D eigenvalue weighted by atomic mass is 10.2. The molecule has 96 valence electrons. The van der Waals surface area contributed by atoms with E-state index in [4.69, 9.17) is 9.84 Å². The van der Waals surface area contributed by atoms with E-state index in [9.17, 15) is 4.79 Å². The number of carbonyl (C=O) groups is 1. The van der Waals surface area contributed by atoms with Gasteiger partial charge in [-0.15, -0.1) is 0 Å². The minimum Gasteiger partial charge on any atom is -0.481 e. The Labute approximate surface area is 102 Å². The summed E-state index contributed by atoms with van der Waals surface area (Å²) >= 11 is 1.55. The molecule has 1 rings (SSSR count). The summed E-state index contributed by atoms with van der Waals surface area (Å²) in [6, 6.07) is 0. The number of ether oxygens (including phenoxy) is 1. The molecule has 1 aliphatic rings. The molecule has 1 atom stereocenters. The van der Waals surface area contributed by atoms with Gasteiger partial charge in [-0.3, -0.25) is 4.79 Å². The van der Waals surface area contributed by atoms with Crippen molar-refractivity contribution in [2.45, 2.75) is 25.9 Å². The zero-order chi connectivity index (χ0) is 12.4. The number of carboxylic acids is 1. The van der Waals surface area contributed by atoms with Crippen LogP contribution in [0.4, 0.5) is 0 Å². The first-order valence-electron chi connectivity index (χ1n) is 5.61. The zero-order valence-corrected chi connectivity index (χ0v) is 11.3. The van der Waals surface area contributed by atoms with Crippen molar-refractivity contribution in [3.63, 3.8) is 0 Å². The first-order valence-corrected chi connectivity index (χ1v) is 7.00. The fraction of sp³-hybridized carbons (Fsp3) is 0.909. The number of nitrogens with zero attached hydrogens (tertiary/aromatic N) is 1. The molecular formula is C11H23NO3S. The van der Waals surface area contributed by atoms with E-state index < -0.39 is 5.97 Å². The van der Waals surface area contributed by atoms with Gasteiger partial charge in [-0.25, -0.2) is 0 Å². The molecule has 0 radical (unpaired) electrons. The van der Waals surface area contributed by atoms with Crippen molar-refractivity contribution in [3.05, 3.63) is 0 Å². The summed E-state index contributed by atoms with van der Waals surface area (Å²) in [6.45, 7) is 5.28. The summed E-state index contributed by atoms with van der Waals surface area (Å²) in [4.78, 5) is 12.1. The van der Waals surface area contributed by atoms with Gasteiger partial charge in [0.25, 0.3) is 0 Å². The van der Waals surface area contributed by atoms with Gasteiger partial charge in [0.15, 0.2) is 0 Å². The maximum atomic E-state index is 9.74. The number of morpholine rings is 1. The van der Waals surface area contributed by atoms with Crippen molar-refractivity contribution in [2.75, 3.05) is 38.8 Å². The van der Waals surface area contributed by atoms with Crippen LogP contribution >= 0.6 is 11.8 Å². The van der Waals surface area contributed by atoms with Crippen molar-refractivity contribution >= 4 is 17.7 Å². The van der Waals surface area contributed by atoms with E-state index in [1.54, 1.807) is 11.8 Å². The third-order valence-electron chi connectivity index (χ3n) is 2.32. The van der Waals surface area contributed by atoms with E-state index in [-0.39, 0.29) is 6.42 Å². The molecule has 5 heteroatoms. The van der Waals surface area contributed by atoms with Crippen LogP contribution in [0.2, 0.25) is 0 Å². The van der Waals surface area contributed by atoms with Crippen LogP contribution in [0.25, 0.3) is 0 Å². The molecule has 1 fully saturated rings. The molecule has 1 saturated heterocycles. The molecule has 0 bridgehead atoms. The van der Waals surface area contributed by atoms with Crippen LogP contribution in [0.5, 0.6) is 0 Å². The predicted molar refractivity (Wildman–Crippen MR) is 68.2 cm³/mol. The normalized spacial score (nSPS) is 21.1. The summed E-state index contributed by atoms with van der Waals surface area (Å²) in [5.41, 5.74) is 0. The van der Waals surface area contributed by atoms with Crippen molar-refractivity contribution in [1.29, 1.82) is 0 Å². The molecule has 4 nitrogen and oxygen atoms in total. The molecule has 0 aromatic carbocycles. The summed E-state index contributed by atoms with van der Waals surface area (Å²) in [6.07, 6.45) is 3.80. The molecule has 1 unspecified atom stereocenters. The first-order chi connectivity index (χ1) is 7.60. The molecule has 1 N–H and O–H groups in total. The molecule has 0 aromatic rings. The lowest BCUT2D eigenvalue weighted by Crippen LogP contribution is -2.39. The highest BCUT2D eigenvalue weighted by atomic mass is 32.2. The van der Waals surface area contributed by atoms with E-state index in [0.29, 0.717) is 6.10 Å².